The first-order valence-corrected chi connectivity index (χ1v) is 1.92. The van der Waals surface area contributed by atoms with Crippen molar-refractivity contribution in [2.45, 2.75) is 0 Å². The molecule has 0 fully saturated rings. The van der Waals surface area contributed by atoms with Gasteiger partial charge in [-0.1, -0.05) is 24.7 Å². The van der Waals surface area contributed by atoms with Crippen molar-refractivity contribution in [2.24, 2.45) is 0 Å². The molecule has 0 bridgehead atoms. The Balaban J connectivity index is 3.25. The molecule has 0 radical (unpaired) electrons. The number of hydrogen-bond acceptors (Lipinski definition) is 2. The van der Waals surface area contributed by atoms with E-state index >= 15 is 0 Å². The van der Waals surface area contributed by atoms with E-state index in [1.807, 2.05) is 0 Å². The lowest BCUT2D eigenvalue weighted by atomic mass is 9.92. The maximum atomic E-state index is 8.10. The van der Waals surface area contributed by atoms with Gasteiger partial charge in [0.2, 0.25) is 0 Å². The summed E-state index contributed by atoms with van der Waals surface area (Å²) >= 11 is 0. The highest BCUT2D eigenvalue weighted by Crippen LogP contribution is 1.72. The molecule has 0 saturated carbocycles. The van der Waals surface area contributed by atoms with Crippen LogP contribution in [-0.2, 0) is 0 Å². The lowest BCUT2D eigenvalue weighted by Gasteiger charge is -1.79. The van der Waals surface area contributed by atoms with Crippen LogP contribution in [0, 0.1) is 0 Å². The second-order valence-corrected chi connectivity index (χ2v) is 1.03. The second-order valence-electron chi connectivity index (χ2n) is 1.03. The molecule has 0 heterocycles. The lowest BCUT2D eigenvalue weighted by Crippen LogP contribution is -2.04. The van der Waals surface area contributed by atoms with Gasteiger partial charge in [0.25, 0.3) is 0 Å². The SMILES string of the molecule is C=C/C=C/B(O)O. The van der Waals surface area contributed by atoms with Crippen LogP contribution < -0.4 is 0 Å². The first-order chi connectivity index (χ1) is 3.27. The molecular weight excluding hydrogens is 90.9 g/mol. The summed E-state index contributed by atoms with van der Waals surface area (Å²) in [7, 11) is -1.35. The van der Waals surface area contributed by atoms with Crippen LogP contribution in [0.5, 0.6) is 0 Å². The van der Waals surface area contributed by atoms with Gasteiger partial charge in [-0.05, 0) is 0 Å². The Morgan fingerprint density at radius 1 is 1.43 bits per heavy atom. The Morgan fingerprint density at radius 2 is 2.00 bits per heavy atom. The van der Waals surface area contributed by atoms with Crippen molar-refractivity contribution in [1.29, 1.82) is 0 Å². The molecule has 7 heavy (non-hydrogen) atoms. The van der Waals surface area contributed by atoms with E-state index in [1.165, 1.54) is 18.1 Å². The molecular formula is C4H7BO2. The van der Waals surface area contributed by atoms with Gasteiger partial charge < -0.3 is 10.0 Å². The molecule has 3 heteroatoms. The van der Waals surface area contributed by atoms with Crippen molar-refractivity contribution in [3.63, 3.8) is 0 Å². The van der Waals surface area contributed by atoms with E-state index in [0.717, 1.165) is 0 Å². The summed E-state index contributed by atoms with van der Waals surface area (Å²) < 4.78 is 0. The predicted octanol–water partition coefficient (Wildman–Crippen LogP) is -0.259. The van der Waals surface area contributed by atoms with Crippen LogP contribution in [-0.4, -0.2) is 17.2 Å². The molecule has 0 aliphatic rings. The molecule has 38 valence electrons. The topological polar surface area (TPSA) is 40.5 Å². The minimum absolute atomic E-state index is 1.22. The Bertz CT molecular complexity index is 77.8. The molecule has 0 rings (SSSR count). The largest absolute Gasteiger partial charge is 0.480 e. The van der Waals surface area contributed by atoms with Gasteiger partial charge in [-0.2, -0.15) is 0 Å². The molecule has 0 aromatic carbocycles. The monoisotopic (exact) mass is 98.1 g/mol. The summed E-state index contributed by atoms with van der Waals surface area (Å²) in [6.07, 6.45) is 2.93. The van der Waals surface area contributed by atoms with E-state index in [4.69, 9.17) is 10.0 Å². The zero-order chi connectivity index (χ0) is 5.70. The predicted molar refractivity (Wildman–Crippen MR) is 29.5 cm³/mol. The number of hydrogen-bond donors (Lipinski definition) is 2. The highest BCUT2D eigenvalue weighted by Gasteiger charge is 1.94. The van der Waals surface area contributed by atoms with Crippen LogP contribution >= 0.6 is 0 Å². The molecule has 0 spiro atoms. The molecule has 0 aromatic rings. The van der Waals surface area contributed by atoms with Gasteiger partial charge in [0.1, 0.15) is 0 Å². The molecule has 0 saturated heterocycles. The third-order valence-electron chi connectivity index (χ3n) is 0.419. The highest BCUT2D eigenvalue weighted by atomic mass is 16.4. The summed E-state index contributed by atoms with van der Waals surface area (Å²) in [6, 6.07) is 0. The van der Waals surface area contributed by atoms with Crippen molar-refractivity contribution in [3.8, 4) is 0 Å². The summed E-state index contributed by atoms with van der Waals surface area (Å²) in [6.45, 7) is 3.32. The normalized spacial score (nSPS) is 9.43. The van der Waals surface area contributed by atoms with Gasteiger partial charge in [0.05, 0.1) is 0 Å². The van der Waals surface area contributed by atoms with Gasteiger partial charge in [0.15, 0.2) is 0 Å². The maximum absolute atomic E-state index is 8.10. The van der Waals surface area contributed by atoms with Crippen molar-refractivity contribution in [3.05, 3.63) is 24.7 Å². The summed E-state index contributed by atoms with van der Waals surface area (Å²) in [5, 5.41) is 16.2. The van der Waals surface area contributed by atoms with E-state index in [9.17, 15) is 0 Å². The highest BCUT2D eigenvalue weighted by molar-refractivity contribution is 6.47. The molecule has 0 atom stereocenters. The first kappa shape index (κ1) is 6.46. The molecule has 0 aromatic heterocycles. The van der Waals surface area contributed by atoms with Crippen LogP contribution in [0.2, 0.25) is 0 Å². The fraction of sp³-hybridized carbons (Fsp3) is 0. The first-order valence-electron chi connectivity index (χ1n) is 1.92. The standard InChI is InChI=1S/C4H7BO2/c1-2-3-4-5(6)7/h2-4,6-7H,1H2/b4-3+. The Morgan fingerprint density at radius 3 is 2.14 bits per heavy atom. The van der Waals surface area contributed by atoms with E-state index in [0.29, 0.717) is 0 Å². The third kappa shape index (κ3) is 5.46. The second kappa shape index (κ2) is 3.65. The minimum Gasteiger partial charge on any atom is -0.424 e. The Hall–Kier alpha value is -0.535. The fourth-order valence-corrected chi connectivity index (χ4v) is 0.178. The van der Waals surface area contributed by atoms with E-state index < -0.39 is 7.12 Å². The van der Waals surface area contributed by atoms with Crippen LogP contribution in [0.4, 0.5) is 0 Å². The quantitative estimate of drug-likeness (QED) is 0.369. The Labute approximate surface area is 42.9 Å². The van der Waals surface area contributed by atoms with Crippen LogP contribution in [0.3, 0.4) is 0 Å². The smallest absolute Gasteiger partial charge is 0.424 e. The average Bonchev–Trinajstić information content (AvgIpc) is 1.61. The molecule has 2 nitrogen and oxygen atoms in total. The maximum Gasteiger partial charge on any atom is 0.480 e. The van der Waals surface area contributed by atoms with Gasteiger partial charge >= 0.3 is 7.12 Å². The van der Waals surface area contributed by atoms with Gasteiger partial charge in [0, 0.05) is 0 Å². The van der Waals surface area contributed by atoms with Crippen molar-refractivity contribution < 1.29 is 10.0 Å². The summed E-state index contributed by atoms with van der Waals surface area (Å²) in [5.74, 6) is 1.22. The van der Waals surface area contributed by atoms with Crippen LogP contribution in [0.25, 0.3) is 0 Å². The zero-order valence-electron chi connectivity index (χ0n) is 3.91. The molecule has 0 aliphatic carbocycles. The number of rotatable bonds is 2. The van der Waals surface area contributed by atoms with E-state index in [1.54, 1.807) is 0 Å². The minimum atomic E-state index is -1.35. The fourth-order valence-electron chi connectivity index (χ4n) is 0.178. The molecule has 0 unspecified atom stereocenters. The summed E-state index contributed by atoms with van der Waals surface area (Å²) in [4.78, 5) is 0. The zero-order valence-corrected chi connectivity index (χ0v) is 3.91. The van der Waals surface area contributed by atoms with Gasteiger partial charge in [-0.15, -0.1) is 0 Å². The molecule has 2 N–H and O–H groups in total. The molecule has 0 amide bonds. The van der Waals surface area contributed by atoms with Crippen LogP contribution in [0.15, 0.2) is 24.7 Å². The summed E-state index contributed by atoms with van der Waals surface area (Å²) in [5.41, 5.74) is 0. The van der Waals surface area contributed by atoms with Crippen molar-refractivity contribution in [2.75, 3.05) is 0 Å². The van der Waals surface area contributed by atoms with Gasteiger partial charge in [-0.3, -0.25) is 0 Å². The third-order valence-corrected chi connectivity index (χ3v) is 0.419. The Kier molecular flexibility index (Phi) is 3.37. The van der Waals surface area contributed by atoms with Gasteiger partial charge in [-0.25, -0.2) is 0 Å². The van der Waals surface area contributed by atoms with Crippen molar-refractivity contribution >= 4 is 7.12 Å². The van der Waals surface area contributed by atoms with Crippen LogP contribution in [0.1, 0.15) is 0 Å². The van der Waals surface area contributed by atoms with E-state index in [-0.39, 0.29) is 0 Å². The average molecular weight is 97.9 g/mol. The lowest BCUT2D eigenvalue weighted by molar-refractivity contribution is 0.424. The van der Waals surface area contributed by atoms with Crippen molar-refractivity contribution in [1.82, 2.24) is 0 Å². The number of allylic oxidation sites excluding steroid dienone is 2. The molecule has 0 aliphatic heterocycles. The van der Waals surface area contributed by atoms with E-state index in [2.05, 4.69) is 6.58 Å².